The Hall–Kier alpha value is -2.59. The maximum atomic E-state index is 4.92. The lowest BCUT2D eigenvalue weighted by molar-refractivity contribution is 1.15. The molecular formula is C21H21N3S. The van der Waals surface area contributed by atoms with Crippen molar-refractivity contribution in [1.29, 1.82) is 0 Å². The number of hydrogen-bond acceptors (Lipinski definition) is 3. The van der Waals surface area contributed by atoms with Crippen molar-refractivity contribution in [2.45, 2.75) is 27.7 Å². The number of benzene rings is 1. The standard InChI is InChI=1S/C21H21N3S/c1-13-8-9-17-22-19(20-16(4)10-11-25-20)21(24(17)12-13)23-18-14(2)6-5-7-15(18)3/h5-12,23H,1-4H3. The quantitative estimate of drug-likeness (QED) is 0.489. The van der Waals surface area contributed by atoms with Gasteiger partial charge in [-0.1, -0.05) is 24.3 Å². The molecule has 4 aromatic rings. The van der Waals surface area contributed by atoms with Gasteiger partial charge in [0.25, 0.3) is 0 Å². The zero-order valence-electron chi connectivity index (χ0n) is 14.9. The Morgan fingerprint density at radius 2 is 1.68 bits per heavy atom. The lowest BCUT2D eigenvalue weighted by atomic mass is 10.1. The predicted octanol–water partition coefficient (Wildman–Crippen LogP) is 6.04. The molecule has 1 N–H and O–H groups in total. The Bertz CT molecular complexity index is 1050. The van der Waals surface area contributed by atoms with E-state index in [1.165, 1.54) is 27.1 Å². The van der Waals surface area contributed by atoms with E-state index in [9.17, 15) is 0 Å². The first-order valence-electron chi connectivity index (χ1n) is 8.41. The lowest BCUT2D eigenvalue weighted by Gasteiger charge is -2.14. The number of hydrogen-bond donors (Lipinski definition) is 1. The summed E-state index contributed by atoms with van der Waals surface area (Å²) in [4.78, 5) is 6.14. The van der Waals surface area contributed by atoms with Crippen LogP contribution in [0.4, 0.5) is 11.5 Å². The number of aromatic nitrogens is 2. The molecule has 4 rings (SSSR count). The monoisotopic (exact) mass is 347 g/mol. The largest absolute Gasteiger partial charge is 0.339 e. The van der Waals surface area contributed by atoms with Crippen LogP contribution in [0.5, 0.6) is 0 Å². The third-order valence-electron chi connectivity index (χ3n) is 4.57. The van der Waals surface area contributed by atoms with Gasteiger partial charge in [0.15, 0.2) is 0 Å². The summed E-state index contributed by atoms with van der Waals surface area (Å²) in [6, 6.07) is 12.7. The van der Waals surface area contributed by atoms with Gasteiger partial charge in [-0.2, -0.15) is 0 Å². The molecule has 0 aliphatic carbocycles. The van der Waals surface area contributed by atoms with Crippen molar-refractivity contribution >= 4 is 28.5 Å². The zero-order chi connectivity index (χ0) is 17.6. The summed E-state index contributed by atoms with van der Waals surface area (Å²) in [5, 5.41) is 5.81. The molecule has 1 aromatic carbocycles. The number of para-hydroxylation sites is 1. The maximum absolute atomic E-state index is 4.92. The van der Waals surface area contributed by atoms with Crippen molar-refractivity contribution in [2.75, 3.05) is 5.32 Å². The highest BCUT2D eigenvalue weighted by Gasteiger charge is 2.18. The second-order valence-corrected chi connectivity index (χ2v) is 7.48. The highest BCUT2D eigenvalue weighted by Crippen LogP contribution is 2.37. The van der Waals surface area contributed by atoms with Crippen LogP contribution in [0.15, 0.2) is 48.0 Å². The van der Waals surface area contributed by atoms with E-state index in [0.29, 0.717) is 0 Å². The Morgan fingerprint density at radius 3 is 2.36 bits per heavy atom. The van der Waals surface area contributed by atoms with Crippen LogP contribution in [0.1, 0.15) is 22.3 Å². The van der Waals surface area contributed by atoms with E-state index in [0.717, 1.165) is 22.8 Å². The van der Waals surface area contributed by atoms with Gasteiger partial charge in [0, 0.05) is 11.9 Å². The van der Waals surface area contributed by atoms with Gasteiger partial charge < -0.3 is 5.32 Å². The molecule has 0 saturated carbocycles. The summed E-state index contributed by atoms with van der Waals surface area (Å²) in [5.41, 5.74) is 8.07. The van der Waals surface area contributed by atoms with Crippen LogP contribution in [0.3, 0.4) is 0 Å². The third-order valence-corrected chi connectivity index (χ3v) is 5.59. The van der Waals surface area contributed by atoms with Crippen LogP contribution < -0.4 is 5.32 Å². The number of aryl methyl sites for hydroxylation is 4. The minimum atomic E-state index is 0.960. The summed E-state index contributed by atoms with van der Waals surface area (Å²) < 4.78 is 2.16. The van der Waals surface area contributed by atoms with E-state index in [1.54, 1.807) is 11.3 Å². The van der Waals surface area contributed by atoms with E-state index in [-0.39, 0.29) is 0 Å². The van der Waals surface area contributed by atoms with Gasteiger partial charge in [0.2, 0.25) is 0 Å². The number of anilines is 2. The normalized spacial score (nSPS) is 11.2. The number of rotatable bonds is 3. The Balaban J connectivity index is 1.97. The Kier molecular flexibility index (Phi) is 3.85. The molecule has 3 aromatic heterocycles. The molecule has 4 heteroatoms. The fraction of sp³-hybridized carbons (Fsp3) is 0.190. The van der Waals surface area contributed by atoms with Gasteiger partial charge >= 0.3 is 0 Å². The molecule has 0 spiro atoms. The minimum absolute atomic E-state index is 0.960. The molecule has 3 nitrogen and oxygen atoms in total. The molecule has 0 amide bonds. The van der Waals surface area contributed by atoms with Crippen LogP contribution in [0.2, 0.25) is 0 Å². The highest BCUT2D eigenvalue weighted by atomic mass is 32.1. The molecule has 0 aliphatic heterocycles. The molecule has 0 saturated heterocycles. The molecule has 0 atom stereocenters. The number of pyridine rings is 1. The van der Waals surface area contributed by atoms with Gasteiger partial charge in [-0.15, -0.1) is 11.3 Å². The average Bonchev–Trinajstić information content (AvgIpc) is 3.14. The summed E-state index contributed by atoms with van der Waals surface area (Å²) in [5.74, 6) is 1.03. The molecule has 0 aliphatic rings. The van der Waals surface area contributed by atoms with Crippen LogP contribution in [0, 0.1) is 27.7 Å². The predicted molar refractivity (Wildman–Crippen MR) is 107 cm³/mol. The summed E-state index contributed by atoms with van der Waals surface area (Å²) in [7, 11) is 0. The van der Waals surface area contributed by atoms with E-state index in [2.05, 4.69) is 85.4 Å². The fourth-order valence-electron chi connectivity index (χ4n) is 3.17. The van der Waals surface area contributed by atoms with Crippen molar-refractivity contribution in [3.63, 3.8) is 0 Å². The SMILES string of the molecule is Cc1ccc2nc(-c3sccc3C)c(Nc3c(C)cccc3C)n2c1. The van der Waals surface area contributed by atoms with Crippen molar-refractivity contribution in [2.24, 2.45) is 0 Å². The number of imidazole rings is 1. The fourth-order valence-corrected chi connectivity index (χ4v) is 4.09. The molecule has 0 bridgehead atoms. The van der Waals surface area contributed by atoms with E-state index < -0.39 is 0 Å². The van der Waals surface area contributed by atoms with E-state index >= 15 is 0 Å². The number of nitrogens with one attached hydrogen (secondary N) is 1. The molecule has 0 unspecified atom stereocenters. The van der Waals surface area contributed by atoms with Crippen LogP contribution in [-0.2, 0) is 0 Å². The van der Waals surface area contributed by atoms with Crippen LogP contribution >= 0.6 is 11.3 Å². The summed E-state index contributed by atoms with van der Waals surface area (Å²) >= 11 is 1.74. The highest BCUT2D eigenvalue weighted by molar-refractivity contribution is 7.13. The third kappa shape index (κ3) is 2.72. The van der Waals surface area contributed by atoms with Crippen molar-refractivity contribution < 1.29 is 0 Å². The summed E-state index contributed by atoms with van der Waals surface area (Å²) in [6.07, 6.45) is 2.14. The van der Waals surface area contributed by atoms with Gasteiger partial charge in [-0.05, 0) is 67.5 Å². The maximum Gasteiger partial charge on any atom is 0.144 e. The van der Waals surface area contributed by atoms with Gasteiger partial charge in [0.1, 0.15) is 17.2 Å². The second kappa shape index (κ2) is 6.05. The van der Waals surface area contributed by atoms with E-state index in [4.69, 9.17) is 4.98 Å². The van der Waals surface area contributed by atoms with Gasteiger partial charge in [0.05, 0.1) is 4.88 Å². The first kappa shape index (κ1) is 15.9. The first-order chi connectivity index (χ1) is 12.0. The van der Waals surface area contributed by atoms with E-state index in [1.807, 2.05) is 0 Å². The molecule has 25 heavy (non-hydrogen) atoms. The smallest absolute Gasteiger partial charge is 0.144 e. The molecule has 0 fully saturated rings. The molecule has 3 heterocycles. The Morgan fingerprint density at radius 1 is 0.920 bits per heavy atom. The molecular weight excluding hydrogens is 326 g/mol. The summed E-state index contributed by atoms with van der Waals surface area (Å²) in [6.45, 7) is 8.53. The minimum Gasteiger partial charge on any atom is -0.339 e. The number of nitrogens with zero attached hydrogens (tertiary/aromatic N) is 2. The number of fused-ring (bicyclic) bond motifs is 1. The van der Waals surface area contributed by atoms with Crippen molar-refractivity contribution in [1.82, 2.24) is 9.38 Å². The zero-order valence-corrected chi connectivity index (χ0v) is 15.7. The lowest BCUT2D eigenvalue weighted by Crippen LogP contribution is -2.00. The van der Waals surface area contributed by atoms with Crippen molar-refractivity contribution in [3.8, 4) is 10.6 Å². The topological polar surface area (TPSA) is 29.3 Å². The van der Waals surface area contributed by atoms with Crippen LogP contribution in [0.25, 0.3) is 16.2 Å². The Labute approximate surface area is 152 Å². The second-order valence-electron chi connectivity index (χ2n) is 6.57. The van der Waals surface area contributed by atoms with Crippen LogP contribution in [-0.4, -0.2) is 9.38 Å². The molecule has 0 radical (unpaired) electrons. The van der Waals surface area contributed by atoms with Crippen molar-refractivity contribution in [3.05, 3.63) is 70.2 Å². The number of thiophene rings is 1. The van der Waals surface area contributed by atoms with Gasteiger partial charge in [-0.25, -0.2) is 4.98 Å². The first-order valence-corrected chi connectivity index (χ1v) is 9.29. The average molecular weight is 347 g/mol. The van der Waals surface area contributed by atoms with Gasteiger partial charge in [-0.3, -0.25) is 4.40 Å². The molecule has 126 valence electrons.